The average molecular weight is 638 g/mol. The quantitative estimate of drug-likeness (QED) is 0.188. The molecule has 2 heteroatoms. The van der Waals surface area contributed by atoms with Crippen LogP contribution in [0.4, 0.5) is 0 Å². The minimum atomic E-state index is 0.900. The highest BCUT2D eigenvalue weighted by Gasteiger charge is 2.23. The lowest BCUT2D eigenvalue weighted by molar-refractivity contribution is 0.671. The normalized spacial score (nSPS) is 17.2. The molecular formula is C48H31NO. The number of aromatic nitrogens is 1. The third-order valence-electron chi connectivity index (χ3n) is 9.98. The Morgan fingerprint density at radius 1 is 0.440 bits per heavy atom. The fourth-order valence-corrected chi connectivity index (χ4v) is 7.73. The predicted octanol–water partition coefficient (Wildman–Crippen LogP) is 13.0. The van der Waals surface area contributed by atoms with Crippen LogP contribution in [-0.4, -0.2) is 4.57 Å². The van der Waals surface area contributed by atoms with Gasteiger partial charge in [0.15, 0.2) is 5.58 Å². The standard InChI is InChI=1S/C48H31NO/c1-3-15-32(16-4-1)34-19-13-20-35(33-17-5-2-6-18-33)30-37(29-34)36-21-14-22-38(31-36)49-43-27-11-9-25-41(43)45-39-23-7-8-24-40(39)46-42-26-10-12-28-44(42)50-48(46)47(45)49/h1-31H/b19-13+,20-13?,34-19?,34-29+,35-20-,35-30?,37-29?,37-30+. The highest BCUT2D eigenvalue weighted by atomic mass is 16.3. The van der Waals surface area contributed by atoms with Crippen LogP contribution in [0.1, 0.15) is 16.7 Å². The van der Waals surface area contributed by atoms with E-state index >= 15 is 0 Å². The molecule has 50 heavy (non-hydrogen) atoms. The molecule has 1 aliphatic carbocycles. The van der Waals surface area contributed by atoms with E-state index in [9.17, 15) is 0 Å². The molecule has 0 amide bonds. The van der Waals surface area contributed by atoms with Gasteiger partial charge in [-0.1, -0.05) is 152 Å². The van der Waals surface area contributed by atoms with E-state index in [1.54, 1.807) is 0 Å². The zero-order valence-electron chi connectivity index (χ0n) is 27.3. The maximum atomic E-state index is 6.81. The van der Waals surface area contributed by atoms with Gasteiger partial charge in [0.25, 0.3) is 0 Å². The summed E-state index contributed by atoms with van der Waals surface area (Å²) in [6.07, 6.45) is 11.2. The van der Waals surface area contributed by atoms with Crippen LogP contribution in [0.25, 0.3) is 76.9 Å². The number of allylic oxidation sites excluding steroid dienone is 8. The first-order valence-electron chi connectivity index (χ1n) is 17.1. The van der Waals surface area contributed by atoms with Crippen LogP contribution in [0, 0.1) is 0 Å². The molecule has 0 radical (unpaired) electrons. The van der Waals surface area contributed by atoms with Gasteiger partial charge in [0, 0.05) is 27.2 Å². The Bertz CT molecular complexity index is 2860. The van der Waals surface area contributed by atoms with Crippen molar-refractivity contribution in [2.45, 2.75) is 0 Å². The second kappa shape index (κ2) is 11.5. The van der Waals surface area contributed by atoms with E-state index in [-0.39, 0.29) is 0 Å². The molecule has 2 aromatic heterocycles. The van der Waals surface area contributed by atoms with Gasteiger partial charge < -0.3 is 8.98 Å². The highest BCUT2D eigenvalue weighted by molar-refractivity contribution is 6.35. The van der Waals surface area contributed by atoms with Crippen molar-refractivity contribution >= 4 is 71.2 Å². The van der Waals surface area contributed by atoms with Crippen molar-refractivity contribution in [2.24, 2.45) is 0 Å². The Morgan fingerprint density at radius 3 is 1.82 bits per heavy atom. The predicted molar refractivity (Wildman–Crippen MR) is 212 cm³/mol. The number of nitrogens with zero attached hydrogens (tertiary/aromatic N) is 1. The third-order valence-corrected chi connectivity index (χ3v) is 9.98. The molecule has 0 atom stereocenters. The summed E-state index contributed by atoms with van der Waals surface area (Å²) in [4.78, 5) is 0. The van der Waals surface area contributed by atoms with Gasteiger partial charge in [-0.2, -0.15) is 0 Å². The Labute approximate surface area is 289 Å². The minimum Gasteiger partial charge on any atom is -0.454 e. The Hall–Kier alpha value is -6.64. The lowest BCUT2D eigenvalue weighted by Gasteiger charge is -2.14. The summed E-state index contributed by atoms with van der Waals surface area (Å²) in [5.41, 5.74) is 12.1. The summed E-state index contributed by atoms with van der Waals surface area (Å²) in [6.45, 7) is 0. The molecule has 0 saturated heterocycles. The first kappa shape index (κ1) is 28.4. The third kappa shape index (κ3) is 4.50. The van der Waals surface area contributed by atoms with Crippen LogP contribution >= 0.6 is 0 Å². The number of hydrogen-bond donors (Lipinski definition) is 0. The Kier molecular flexibility index (Phi) is 6.53. The smallest absolute Gasteiger partial charge is 0.160 e. The summed E-state index contributed by atoms with van der Waals surface area (Å²) >= 11 is 0. The molecule has 10 rings (SSSR count). The van der Waals surface area contributed by atoms with E-state index in [1.807, 2.05) is 0 Å². The van der Waals surface area contributed by atoms with Crippen LogP contribution < -0.4 is 0 Å². The van der Waals surface area contributed by atoms with Crippen LogP contribution in [0.5, 0.6) is 0 Å². The summed E-state index contributed by atoms with van der Waals surface area (Å²) in [6, 6.07) is 56.1. The average Bonchev–Trinajstić information content (AvgIpc) is 3.73. The van der Waals surface area contributed by atoms with Crippen molar-refractivity contribution in [3.8, 4) is 5.69 Å². The molecule has 7 aromatic carbocycles. The van der Waals surface area contributed by atoms with Gasteiger partial charge in [0.05, 0.1) is 11.0 Å². The van der Waals surface area contributed by atoms with E-state index < -0.39 is 0 Å². The zero-order chi connectivity index (χ0) is 33.0. The van der Waals surface area contributed by atoms with E-state index in [0.717, 1.165) is 60.9 Å². The van der Waals surface area contributed by atoms with Gasteiger partial charge in [-0.3, -0.25) is 0 Å². The van der Waals surface area contributed by atoms with Crippen LogP contribution in [-0.2, 0) is 0 Å². The number of fused-ring (bicyclic) bond motifs is 10. The second-order valence-corrected chi connectivity index (χ2v) is 12.9. The van der Waals surface area contributed by atoms with Gasteiger partial charge in [0.1, 0.15) is 5.58 Å². The summed E-state index contributed by atoms with van der Waals surface area (Å²) in [5, 5.41) is 7.16. The first-order valence-corrected chi connectivity index (χ1v) is 17.1. The summed E-state index contributed by atoms with van der Waals surface area (Å²) in [7, 11) is 0. The topological polar surface area (TPSA) is 18.1 Å². The van der Waals surface area contributed by atoms with Crippen molar-refractivity contribution in [3.05, 3.63) is 205 Å². The fraction of sp³-hybridized carbons (Fsp3) is 0. The van der Waals surface area contributed by atoms with Gasteiger partial charge in [-0.25, -0.2) is 0 Å². The zero-order valence-corrected chi connectivity index (χ0v) is 27.3. The number of para-hydroxylation sites is 2. The van der Waals surface area contributed by atoms with Crippen molar-refractivity contribution in [2.75, 3.05) is 0 Å². The molecule has 2 heterocycles. The largest absolute Gasteiger partial charge is 0.454 e. The maximum Gasteiger partial charge on any atom is 0.160 e. The first-order chi connectivity index (χ1) is 24.8. The maximum absolute atomic E-state index is 6.81. The molecule has 234 valence electrons. The minimum absolute atomic E-state index is 0.900. The summed E-state index contributed by atoms with van der Waals surface area (Å²) < 4.78 is 9.22. The van der Waals surface area contributed by atoms with E-state index in [4.69, 9.17) is 4.42 Å². The SMILES string of the molecule is C1=C(c2ccccc2)/C=C(c2cccc(-n3c4ccccc4c4c5ccccc5c5c6ccccc6oc5c43)c2)\C=C(c2ccccc2)/C=C/1. The number of hydrogen-bond acceptors (Lipinski definition) is 1. The molecule has 0 unspecified atom stereocenters. The fourth-order valence-electron chi connectivity index (χ4n) is 7.73. The van der Waals surface area contributed by atoms with Gasteiger partial charge in [0.2, 0.25) is 0 Å². The Morgan fingerprint density at radius 2 is 1.04 bits per heavy atom. The lowest BCUT2D eigenvalue weighted by Crippen LogP contribution is -1.96. The highest BCUT2D eigenvalue weighted by Crippen LogP contribution is 2.45. The van der Waals surface area contributed by atoms with Crippen molar-refractivity contribution in [3.63, 3.8) is 0 Å². The number of rotatable bonds is 4. The van der Waals surface area contributed by atoms with Crippen molar-refractivity contribution in [1.82, 2.24) is 4.57 Å². The van der Waals surface area contributed by atoms with Crippen molar-refractivity contribution in [1.29, 1.82) is 0 Å². The molecular weight excluding hydrogens is 607 g/mol. The van der Waals surface area contributed by atoms with E-state index in [1.165, 1.54) is 32.7 Å². The monoisotopic (exact) mass is 637 g/mol. The number of benzene rings is 7. The molecule has 0 spiro atoms. The van der Waals surface area contributed by atoms with Crippen LogP contribution in [0.15, 0.2) is 193 Å². The molecule has 0 fully saturated rings. The van der Waals surface area contributed by atoms with Crippen LogP contribution in [0.2, 0.25) is 0 Å². The Balaban J connectivity index is 1.26. The molecule has 1 aliphatic rings. The molecule has 0 bridgehead atoms. The van der Waals surface area contributed by atoms with Gasteiger partial charge in [-0.15, -0.1) is 0 Å². The lowest BCUT2D eigenvalue weighted by atomic mass is 9.93. The second-order valence-electron chi connectivity index (χ2n) is 12.9. The van der Waals surface area contributed by atoms with Crippen LogP contribution in [0.3, 0.4) is 0 Å². The summed E-state index contributed by atoms with van der Waals surface area (Å²) in [5.74, 6) is 0. The van der Waals surface area contributed by atoms with Gasteiger partial charge >= 0.3 is 0 Å². The van der Waals surface area contributed by atoms with E-state index in [2.05, 4.69) is 193 Å². The molecule has 0 N–H and O–H groups in total. The number of furan rings is 1. The molecule has 0 saturated carbocycles. The molecule has 0 aliphatic heterocycles. The van der Waals surface area contributed by atoms with Crippen molar-refractivity contribution < 1.29 is 4.42 Å². The van der Waals surface area contributed by atoms with E-state index in [0.29, 0.717) is 0 Å². The molecule has 2 nitrogen and oxygen atoms in total. The molecule has 9 aromatic rings. The van der Waals surface area contributed by atoms with Gasteiger partial charge in [-0.05, 0) is 80.6 Å².